The minimum atomic E-state index is -0.374. The van der Waals surface area contributed by atoms with Crippen LogP contribution in [0.4, 0.5) is 10.1 Å². The smallest absolute Gasteiger partial charge is 0.187 e. The lowest BCUT2D eigenvalue weighted by Gasteiger charge is -2.12. The highest BCUT2D eigenvalue weighted by Gasteiger charge is 2.07. The normalized spacial score (nSPS) is 11.0. The molecular weight excluding hydrogens is 297 g/mol. The van der Waals surface area contributed by atoms with Crippen LogP contribution in [0.3, 0.4) is 0 Å². The molecule has 0 aliphatic heterocycles. The van der Waals surface area contributed by atoms with E-state index in [9.17, 15) is 9.18 Å². The first kappa shape index (κ1) is 16.5. The second-order valence-electron chi connectivity index (χ2n) is 4.89. The highest BCUT2D eigenvalue weighted by molar-refractivity contribution is 6.05. The third-order valence-corrected chi connectivity index (χ3v) is 3.21. The van der Waals surface area contributed by atoms with Crippen LogP contribution in [0.15, 0.2) is 54.2 Å². The number of benzene rings is 2. The number of halogens is 1. The standard InChI is InChI=1S/C18H18FNO3/c1-12(10-17(21)13-4-6-14(19)7-5-13)20-16-11-15(22-2)8-9-18(16)23-3/h4-11,20H,1-3H3. The number of hydrogen-bond acceptors (Lipinski definition) is 4. The summed E-state index contributed by atoms with van der Waals surface area (Å²) in [6.07, 6.45) is 1.45. The Labute approximate surface area is 134 Å². The van der Waals surface area contributed by atoms with Gasteiger partial charge in [-0.1, -0.05) is 0 Å². The van der Waals surface area contributed by atoms with Gasteiger partial charge < -0.3 is 14.8 Å². The molecule has 0 aromatic heterocycles. The van der Waals surface area contributed by atoms with Gasteiger partial charge in [-0.3, -0.25) is 4.79 Å². The zero-order valence-electron chi connectivity index (χ0n) is 13.2. The van der Waals surface area contributed by atoms with Gasteiger partial charge in [0.15, 0.2) is 5.78 Å². The molecule has 5 heteroatoms. The first-order valence-corrected chi connectivity index (χ1v) is 7.00. The van der Waals surface area contributed by atoms with Crippen molar-refractivity contribution in [2.24, 2.45) is 0 Å². The van der Waals surface area contributed by atoms with E-state index in [0.29, 0.717) is 28.4 Å². The summed E-state index contributed by atoms with van der Waals surface area (Å²) in [5, 5.41) is 3.11. The van der Waals surface area contributed by atoms with Gasteiger partial charge in [-0.2, -0.15) is 0 Å². The van der Waals surface area contributed by atoms with E-state index in [1.54, 1.807) is 39.3 Å². The third-order valence-electron chi connectivity index (χ3n) is 3.21. The summed E-state index contributed by atoms with van der Waals surface area (Å²) in [5.74, 6) is 0.720. The van der Waals surface area contributed by atoms with Crippen molar-refractivity contribution in [2.45, 2.75) is 6.92 Å². The van der Waals surface area contributed by atoms with Crippen molar-refractivity contribution in [3.05, 3.63) is 65.6 Å². The zero-order chi connectivity index (χ0) is 16.8. The van der Waals surface area contributed by atoms with Gasteiger partial charge in [-0.25, -0.2) is 4.39 Å². The minimum absolute atomic E-state index is 0.211. The van der Waals surface area contributed by atoms with E-state index in [-0.39, 0.29) is 11.6 Å². The Morgan fingerprint density at radius 1 is 1.09 bits per heavy atom. The summed E-state index contributed by atoms with van der Waals surface area (Å²) < 4.78 is 23.3. The minimum Gasteiger partial charge on any atom is -0.497 e. The largest absolute Gasteiger partial charge is 0.497 e. The number of allylic oxidation sites excluding steroid dienone is 2. The third kappa shape index (κ3) is 4.32. The van der Waals surface area contributed by atoms with Gasteiger partial charge in [0.2, 0.25) is 0 Å². The molecule has 2 aromatic rings. The molecule has 0 heterocycles. The number of ether oxygens (including phenoxy) is 2. The predicted octanol–water partition coefficient (Wildman–Crippen LogP) is 4.04. The summed E-state index contributed by atoms with van der Waals surface area (Å²) in [6.45, 7) is 1.76. The fraction of sp³-hybridized carbons (Fsp3) is 0.167. The number of carbonyl (C=O) groups excluding carboxylic acids is 1. The molecule has 0 unspecified atom stereocenters. The molecule has 2 aromatic carbocycles. The lowest BCUT2D eigenvalue weighted by Crippen LogP contribution is -2.03. The molecular formula is C18H18FNO3. The molecule has 4 nitrogen and oxygen atoms in total. The van der Waals surface area contributed by atoms with Gasteiger partial charge in [-0.15, -0.1) is 0 Å². The molecule has 0 atom stereocenters. The molecule has 0 saturated carbocycles. The summed E-state index contributed by atoms with van der Waals surface area (Å²) in [5.41, 5.74) is 1.74. The maximum absolute atomic E-state index is 12.9. The molecule has 120 valence electrons. The first-order valence-electron chi connectivity index (χ1n) is 7.00. The quantitative estimate of drug-likeness (QED) is 0.645. The molecule has 0 saturated heterocycles. The van der Waals surface area contributed by atoms with Crippen molar-refractivity contribution >= 4 is 11.5 Å². The van der Waals surface area contributed by atoms with E-state index in [1.807, 2.05) is 0 Å². The van der Waals surface area contributed by atoms with E-state index in [2.05, 4.69) is 5.32 Å². The van der Waals surface area contributed by atoms with Crippen LogP contribution < -0.4 is 14.8 Å². The second kappa shape index (κ2) is 7.45. The van der Waals surface area contributed by atoms with Gasteiger partial charge >= 0.3 is 0 Å². The summed E-state index contributed by atoms with van der Waals surface area (Å²) >= 11 is 0. The summed E-state index contributed by atoms with van der Waals surface area (Å²) in [4.78, 5) is 12.1. The lowest BCUT2D eigenvalue weighted by atomic mass is 10.1. The number of anilines is 1. The van der Waals surface area contributed by atoms with Crippen LogP contribution in [0.1, 0.15) is 17.3 Å². The number of ketones is 1. The van der Waals surface area contributed by atoms with Crippen LogP contribution in [0.25, 0.3) is 0 Å². The molecule has 0 bridgehead atoms. The van der Waals surface area contributed by atoms with Gasteiger partial charge in [-0.05, 0) is 43.3 Å². The van der Waals surface area contributed by atoms with E-state index < -0.39 is 0 Å². The molecule has 0 amide bonds. The Balaban J connectivity index is 2.19. The molecule has 0 radical (unpaired) electrons. The molecule has 0 fully saturated rings. The zero-order valence-corrected chi connectivity index (χ0v) is 13.2. The van der Waals surface area contributed by atoms with Gasteiger partial charge in [0.05, 0.1) is 19.9 Å². The van der Waals surface area contributed by atoms with Crippen LogP contribution in [0.5, 0.6) is 11.5 Å². The topological polar surface area (TPSA) is 47.6 Å². The van der Waals surface area contributed by atoms with E-state index in [0.717, 1.165) is 0 Å². The van der Waals surface area contributed by atoms with Gasteiger partial charge in [0.25, 0.3) is 0 Å². The maximum Gasteiger partial charge on any atom is 0.187 e. The number of hydrogen-bond donors (Lipinski definition) is 1. The number of nitrogens with one attached hydrogen (secondary N) is 1. The van der Waals surface area contributed by atoms with Crippen LogP contribution in [0.2, 0.25) is 0 Å². The van der Waals surface area contributed by atoms with Crippen LogP contribution >= 0.6 is 0 Å². The highest BCUT2D eigenvalue weighted by Crippen LogP contribution is 2.29. The number of rotatable bonds is 6. The average molecular weight is 315 g/mol. The van der Waals surface area contributed by atoms with Crippen molar-refractivity contribution in [3.63, 3.8) is 0 Å². The molecule has 1 N–H and O–H groups in total. The Bertz CT molecular complexity index is 724. The van der Waals surface area contributed by atoms with Crippen LogP contribution in [-0.4, -0.2) is 20.0 Å². The highest BCUT2D eigenvalue weighted by atomic mass is 19.1. The fourth-order valence-corrected chi connectivity index (χ4v) is 2.05. The SMILES string of the molecule is COc1ccc(OC)c(NC(C)=CC(=O)c2ccc(F)cc2)c1. The molecule has 0 aliphatic rings. The molecule has 23 heavy (non-hydrogen) atoms. The van der Waals surface area contributed by atoms with Crippen molar-refractivity contribution < 1.29 is 18.7 Å². The Morgan fingerprint density at radius 2 is 1.78 bits per heavy atom. The predicted molar refractivity (Wildman–Crippen MR) is 87.7 cm³/mol. The summed E-state index contributed by atoms with van der Waals surface area (Å²) in [6, 6.07) is 10.8. The molecule has 0 spiro atoms. The van der Waals surface area contributed by atoms with Crippen molar-refractivity contribution in [1.82, 2.24) is 0 Å². The van der Waals surface area contributed by atoms with E-state index >= 15 is 0 Å². The Kier molecular flexibility index (Phi) is 5.36. The summed E-state index contributed by atoms with van der Waals surface area (Å²) in [7, 11) is 3.14. The monoisotopic (exact) mass is 315 g/mol. The van der Waals surface area contributed by atoms with E-state index in [4.69, 9.17) is 9.47 Å². The Hall–Kier alpha value is -2.82. The fourth-order valence-electron chi connectivity index (χ4n) is 2.05. The van der Waals surface area contributed by atoms with Crippen LogP contribution in [-0.2, 0) is 0 Å². The average Bonchev–Trinajstić information content (AvgIpc) is 2.55. The maximum atomic E-state index is 12.9. The van der Waals surface area contributed by atoms with Gasteiger partial charge in [0.1, 0.15) is 17.3 Å². The Morgan fingerprint density at radius 3 is 2.39 bits per heavy atom. The van der Waals surface area contributed by atoms with E-state index in [1.165, 1.54) is 30.3 Å². The second-order valence-corrected chi connectivity index (χ2v) is 4.89. The molecule has 0 aliphatic carbocycles. The van der Waals surface area contributed by atoms with Crippen molar-refractivity contribution in [1.29, 1.82) is 0 Å². The van der Waals surface area contributed by atoms with Gasteiger partial charge in [0, 0.05) is 23.4 Å². The number of methoxy groups -OCH3 is 2. The first-order chi connectivity index (χ1) is 11.0. The van der Waals surface area contributed by atoms with Crippen molar-refractivity contribution in [3.8, 4) is 11.5 Å². The number of carbonyl (C=O) groups is 1. The molecule has 2 rings (SSSR count). The van der Waals surface area contributed by atoms with Crippen molar-refractivity contribution in [2.75, 3.05) is 19.5 Å². The lowest BCUT2D eigenvalue weighted by molar-refractivity contribution is 0.104. The van der Waals surface area contributed by atoms with Crippen LogP contribution in [0, 0.1) is 5.82 Å².